The SMILES string of the molecule is CCNC(=O)CSc1ccc(N)cc1S(N)(=O)=O. The molecular formula is C10H15N3O3S2. The Hall–Kier alpha value is -1.25. The summed E-state index contributed by atoms with van der Waals surface area (Å²) in [5.74, 6) is -0.0417. The van der Waals surface area contributed by atoms with Gasteiger partial charge in [0.1, 0.15) is 0 Å². The third kappa shape index (κ3) is 4.21. The van der Waals surface area contributed by atoms with Crippen LogP contribution in [0.3, 0.4) is 0 Å². The van der Waals surface area contributed by atoms with Crippen LogP contribution < -0.4 is 16.2 Å². The van der Waals surface area contributed by atoms with Crippen molar-refractivity contribution in [3.05, 3.63) is 18.2 Å². The fourth-order valence-electron chi connectivity index (χ4n) is 1.26. The number of anilines is 1. The number of thioether (sulfide) groups is 1. The van der Waals surface area contributed by atoms with E-state index in [1.165, 1.54) is 6.07 Å². The van der Waals surface area contributed by atoms with E-state index in [1.807, 2.05) is 6.92 Å². The second-order valence-electron chi connectivity index (χ2n) is 3.49. The second kappa shape index (κ2) is 6.07. The lowest BCUT2D eigenvalue weighted by molar-refractivity contribution is -0.118. The fraction of sp³-hybridized carbons (Fsp3) is 0.300. The normalized spacial score (nSPS) is 11.2. The van der Waals surface area contributed by atoms with Gasteiger partial charge in [0.2, 0.25) is 15.9 Å². The Morgan fingerprint density at radius 3 is 2.67 bits per heavy atom. The molecule has 18 heavy (non-hydrogen) atoms. The molecule has 1 amide bonds. The van der Waals surface area contributed by atoms with Gasteiger partial charge in [-0.15, -0.1) is 11.8 Å². The number of hydrogen-bond donors (Lipinski definition) is 3. The molecule has 0 radical (unpaired) electrons. The van der Waals surface area contributed by atoms with Crippen LogP contribution in [0.5, 0.6) is 0 Å². The summed E-state index contributed by atoms with van der Waals surface area (Å²) in [5.41, 5.74) is 5.83. The minimum atomic E-state index is -3.85. The molecule has 0 aliphatic carbocycles. The average molecular weight is 289 g/mol. The summed E-state index contributed by atoms with van der Waals surface area (Å²) in [6.07, 6.45) is 0. The summed E-state index contributed by atoms with van der Waals surface area (Å²) in [7, 11) is -3.85. The van der Waals surface area contributed by atoms with E-state index in [9.17, 15) is 13.2 Å². The van der Waals surface area contributed by atoms with Crippen LogP contribution in [0.4, 0.5) is 5.69 Å². The maximum Gasteiger partial charge on any atom is 0.239 e. The molecule has 0 aliphatic heterocycles. The smallest absolute Gasteiger partial charge is 0.239 e. The van der Waals surface area contributed by atoms with Gasteiger partial charge in [-0.05, 0) is 25.1 Å². The van der Waals surface area contributed by atoms with E-state index in [0.29, 0.717) is 17.1 Å². The lowest BCUT2D eigenvalue weighted by atomic mass is 10.3. The summed E-state index contributed by atoms with van der Waals surface area (Å²) >= 11 is 1.10. The predicted molar refractivity (Wildman–Crippen MR) is 71.6 cm³/mol. The zero-order valence-corrected chi connectivity index (χ0v) is 11.5. The van der Waals surface area contributed by atoms with Crippen LogP contribution in [0.1, 0.15) is 6.92 Å². The molecule has 0 saturated heterocycles. The van der Waals surface area contributed by atoms with Gasteiger partial charge < -0.3 is 11.1 Å². The van der Waals surface area contributed by atoms with Gasteiger partial charge in [-0.3, -0.25) is 4.79 Å². The maximum absolute atomic E-state index is 11.4. The van der Waals surface area contributed by atoms with E-state index in [0.717, 1.165) is 11.8 Å². The molecule has 5 N–H and O–H groups in total. The summed E-state index contributed by atoms with van der Waals surface area (Å²) in [6, 6.07) is 4.39. The van der Waals surface area contributed by atoms with Crippen LogP contribution in [0.15, 0.2) is 28.0 Å². The molecule has 0 unspecified atom stereocenters. The Morgan fingerprint density at radius 1 is 1.44 bits per heavy atom. The first-order valence-electron chi connectivity index (χ1n) is 5.16. The van der Waals surface area contributed by atoms with Crippen molar-refractivity contribution in [2.24, 2.45) is 5.14 Å². The standard InChI is InChI=1S/C10H15N3O3S2/c1-2-13-10(14)6-17-8-4-3-7(11)5-9(8)18(12,15)16/h3-5H,2,6,11H2,1H3,(H,13,14)(H2,12,15,16). The number of sulfonamides is 1. The van der Waals surface area contributed by atoms with Gasteiger partial charge in [-0.25, -0.2) is 13.6 Å². The zero-order valence-electron chi connectivity index (χ0n) is 9.84. The molecule has 0 bridgehead atoms. The highest BCUT2D eigenvalue weighted by molar-refractivity contribution is 8.00. The minimum Gasteiger partial charge on any atom is -0.399 e. The van der Waals surface area contributed by atoms with Crippen LogP contribution in [0.2, 0.25) is 0 Å². The number of nitrogens with one attached hydrogen (secondary N) is 1. The highest BCUT2D eigenvalue weighted by atomic mass is 32.2. The van der Waals surface area contributed by atoms with Gasteiger partial charge in [-0.1, -0.05) is 0 Å². The molecule has 6 nitrogen and oxygen atoms in total. The quantitative estimate of drug-likeness (QED) is 0.527. The topological polar surface area (TPSA) is 115 Å². The Kier molecular flexibility index (Phi) is 5.00. The van der Waals surface area contributed by atoms with Gasteiger partial charge in [0.05, 0.1) is 10.6 Å². The molecule has 0 atom stereocenters. The number of benzene rings is 1. The van der Waals surface area contributed by atoms with E-state index >= 15 is 0 Å². The van der Waals surface area contributed by atoms with Crippen molar-refractivity contribution in [3.63, 3.8) is 0 Å². The van der Waals surface area contributed by atoms with E-state index in [1.54, 1.807) is 12.1 Å². The largest absolute Gasteiger partial charge is 0.399 e. The molecule has 1 aromatic rings. The maximum atomic E-state index is 11.4. The third-order valence-corrected chi connectivity index (χ3v) is 4.16. The van der Waals surface area contributed by atoms with Crippen LogP contribution in [0, 0.1) is 0 Å². The molecule has 100 valence electrons. The Bertz CT molecular complexity index is 543. The van der Waals surface area contributed by atoms with Crippen LogP contribution in [0.25, 0.3) is 0 Å². The van der Waals surface area contributed by atoms with E-state index in [-0.39, 0.29) is 16.6 Å². The average Bonchev–Trinajstić information content (AvgIpc) is 2.26. The molecule has 0 saturated carbocycles. The number of hydrogen-bond acceptors (Lipinski definition) is 5. The Balaban J connectivity index is 2.93. The first-order chi connectivity index (χ1) is 8.34. The van der Waals surface area contributed by atoms with Gasteiger partial charge in [0.25, 0.3) is 0 Å². The second-order valence-corrected chi connectivity index (χ2v) is 6.04. The number of nitrogen functional groups attached to an aromatic ring is 1. The minimum absolute atomic E-state index is 0.0585. The highest BCUT2D eigenvalue weighted by Gasteiger charge is 2.15. The summed E-state index contributed by atoms with van der Waals surface area (Å²) in [5, 5.41) is 7.71. The van der Waals surface area contributed by atoms with Crippen LogP contribution in [-0.2, 0) is 14.8 Å². The van der Waals surface area contributed by atoms with Crippen molar-refractivity contribution in [2.45, 2.75) is 16.7 Å². The van der Waals surface area contributed by atoms with Crippen molar-refractivity contribution in [3.8, 4) is 0 Å². The number of carbonyl (C=O) groups excluding carboxylic acids is 1. The zero-order chi connectivity index (χ0) is 13.8. The number of amides is 1. The third-order valence-electron chi connectivity index (χ3n) is 2.01. The molecule has 0 heterocycles. The van der Waals surface area contributed by atoms with Crippen molar-refractivity contribution < 1.29 is 13.2 Å². The number of nitrogens with two attached hydrogens (primary N) is 2. The van der Waals surface area contributed by atoms with E-state index < -0.39 is 10.0 Å². The Labute approximate surface area is 110 Å². The molecule has 0 fully saturated rings. The van der Waals surface area contributed by atoms with Crippen molar-refractivity contribution in [1.82, 2.24) is 5.32 Å². The highest BCUT2D eigenvalue weighted by Crippen LogP contribution is 2.27. The van der Waals surface area contributed by atoms with Gasteiger partial charge in [-0.2, -0.15) is 0 Å². The number of rotatable bonds is 5. The summed E-state index contributed by atoms with van der Waals surface area (Å²) < 4.78 is 22.8. The van der Waals surface area contributed by atoms with E-state index in [4.69, 9.17) is 10.9 Å². The van der Waals surface area contributed by atoms with Gasteiger partial charge in [0.15, 0.2) is 0 Å². The van der Waals surface area contributed by atoms with Crippen molar-refractivity contribution in [1.29, 1.82) is 0 Å². The first-order valence-corrected chi connectivity index (χ1v) is 7.69. The van der Waals surface area contributed by atoms with Gasteiger partial charge in [0, 0.05) is 17.1 Å². The van der Waals surface area contributed by atoms with Crippen LogP contribution in [-0.4, -0.2) is 26.6 Å². The molecule has 0 spiro atoms. The van der Waals surface area contributed by atoms with Crippen molar-refractivity contribution in [2.75, 3.05) is 18.0 Å². The Morgan fingerprint density at radius 2 is 2.11 bits per heavy atom. The monoisotopic (exact) mass is 289 g/mol. The summed E-state index contributed by atoms with van der Waals surface area (Å²) in [6.45, 7) is 2.34. The lowest BCUT2D eigenvalue weighted by Crippen LogP contribution is -2.24. The molecule has 1 rings (SSSR count). The molecule has 8 heteroatoms. The predicted octanol–water partition coefficient (Wildman–Crippen LogP) is 0.144. The van der Waals surface area contributed by atoms with E-state index in [2.05, 4.69) is 5.32 Å². The number of primary sulfonamides is 1. The van der Waals surface area contributed by atoms with Crippen LogP contribution >= 0.6 is 11.8 Å². The summed E-state index contributed by atoms with van der Waals surface area (Å²) in [4.78, 5) is 11.7. The molecular weight excluding hydrogens is 274 g/mol. The molecule has 0 aromatic heterocycles. The molecule has 1 aromatic carbocycles. The number of carbonyl (C=O) groups is 1. The van der Waals surface area contributed by atoms with Crippen molar-refractivity contribution >= 4 is 33.4 Å². The molecule has 0 aliphatic rings. The van der Waals surface area contributed by atoms with Gasteiger partial charge >= 0.3 is 0 Å². The lowest BCUT2D eigenvalue weighted by Gasteiger charge is -2.08. The fourth-order valence-corrected chi connectivity index (χ4v) is 3.19. The first kappa shape index (κ1) is 14.8.